The lowest BCUT2D eigenvalue weighted by Crippen LogP contribution is -2.29. The molecule has 0 aliphatic rings. The first-order valence-corrected chi connectivity index (χ1v) is 9.41. The molecular formula is C21H22F3N3O5. The summed E-state index contributed by atoms with van der Waals surface area (Å²) in [6.07, 6.45) is -4.39. The molecule has 1 aromatic carbocycles. The van der Waals surface area contributed by atoms with Crippen LogP contribution in [0.1, 0.15) is 40.9 Å². The van der Waals surface area contributed by atoms with Gasteiger partial charge in [-0.3, -0.25) is 4.79 Å². The minimum atomic E-state index is -4.83. The van der Waals surface area contributed by atoms with Crippen LogP contribution in [0, 0.1) is 0 Å². The van der Waals surface area contributed by atoms with Gasteiger partial charge >= 0.3 is 12.1 Å². The Balaban J connectivity index is 2.38. The van der Waals surface area contributed by atoms with Gasteiger partial charge in [-0.1, -0.05) is 29.4 Å². The third-order valence-electron chi connectivity index (χ3n) is 4.00. The van der Waals surface area contributed by atoms with Gasteiger partial charge in [0, 0.05) is 18.8 Å². The molecule has 1 heterocycles. The van der Waals surface area contributed by atoms with Crippen molar-refractivity contribution in [3.8, 4) is 5.88 Å². The van der Waals surface area contributed by atoms with Crippen LogP contribution in [0.15, 0.2) is 41.7 Å². The number of nitrogens with zero attached hydrogens (tertiary/aromatic N) is 2. The summed E-state index contributed by atoms with van der Waals surface area (Å²) in [4.78, 5) is 32.5. The molecule has 1 aromatic heterocycles. The highest BCUT2D eigenvalue weighted by molar-refractivity contribution is 6.45. The van der Waals surface area contributed by atoms with Crippen molar-refractivity contribution < 1.29 is 37.1 Å². The van der Waals surface area contributed by atoms with E-state index in [1.807, 2.05) is 0 Å². The van der Waals surface area contributed by atoms with E-state index in [4.69, 9.17) is 14.3 Å². The van der Waals surface area contributed by atoms with E-state index in [2.05, 4.69) is 15.5 Å². The monoisotopic (exact) mass is 453 g/mol. The van der Waals surface area contributed by atoms with E-state index >= 15 is 0 Å². The third-order valence-corrected chi connectivity index (χ3v) is 4.00. The Bertz CT molecular complexity index is 1010. The van der Waals surface area contributed by atoms with E-state index in [9.17, 15) is 22.8 Å². The Labute approximate surface area is 182 Å². The fourth-order valence-corrected chi connectivity index (χ4v) is 2.61. The fourth-order valence-electron chi connectivity index (χ4n) is 2.61. The summed E-state index contributed by atoms with van der Waals surface area (Å²) in [6.45, 7) is 2.79. The zero-order valence-electron chi connectivity index (χ0n) is 17.8. The van der Waals surface area contributed by atoms with Crippen LogP contribution >= 0.6 is 0 Å². The molecule has 11 heteroatoms. The van der Waals surface area contributed by atoms with Crippen LogP contribution in [-0.2, 0) is 27.2 Å². The highest BCUT2D eigenvalue weighted by atomic mass is 19.4. The summed E-state index contributed by atoms with van der Waals surface area (Å²) < 4.78 is 51.0. The topological polar surface area (TPSA) is 99.1 Å². The number of oxime groups is 1. The van der Waals surface area contributed by atoms with Crippen LogP contribution in [-0.4, -0.2) is 42.8 Å². The van der Waals surface area contributed by atoms with Crippen molar-refractivity contribution in [2.24, 2.45) is 5.16 Å². The number of likely N-dealkylation sites (N-methyl/N-ethyl adjacent to an activating group) is 1. The predicted octanol–water partition coefficient (Wildman–Crippen LogP) is 3.34. The minimum Gasteiger partial charge on any atom is -0.472 e. The average molecular weight is 453 g/mol. The number of rotatable bonds is 8. The molecule has 0 aliphatic carbocycles. The summed E-state index contributed by atoms with van der Waals surface area (Å²) in [7, 11) is 2.66. The number of amides is 1. The van der Waals surface area contributed by atoms with Gasteiger partial charge in [0.2, 0.25) is 5.88 Å². The number of alkyl halides is 3. The number of esters is 1. The molecular weight excluding hydrogens is 431 g/mol. The maximum Gasteiger partial charge on any atom is 0.421 e. The number of nitrogens with one attached hydrogen (secondary N) is 1. The minimum absolute atomic E-state index is 0.0787. The van der Waals surface area contributed by atoms with Gasteiger partial charge < -0.3 is 19.6 Å². The largest absolute Gasteiger partial charge is 0.472 e. The van der Waals surface area contributed by atoms with E-state index in [-0.39, 0.29) is 17.9 Å². The van der Waals surface area contributed by atoms with Crippen LogP contribution in [0.5, 0.6) is 5.88 Å². The second kappa shape index (κ2) is 10.6. The molecule has 1 N–H and O–H groups in total. The number of benzene rings is 1. The van der Waals surface area contributed by atoms with Crippen molar-refractivity contribution in [3.05, 3.63) is 58.8 Å². The number of pyridine rings is 1. The molecule has 0 fully saturated rings. The lowest BCUT2D eigenvalue weighted by molar-refractivity contribution is -0.139. The second-order valence-corrected chi connectivity index (χ2v) is 6.68. The first-order valence-electron chi connectivity index (χ1n) is 9.41. The third kappa shape index (κ3) is 6.19. The van der Waals surface area contributed by atoms with Gasteiger partial charge in [0.05, 0.1) is 11.7 Å². The molecule has 0 atom stereocenters. The molecule has 2 rings (SSSR count). The predicted molar refractivity (Wildman–Crippen MR) is 108 cm³/mol. The number of halogens is 3. The average Bonchev–Trinajstić information content (AvgIpc) is 2.74. The summed E-state index contributed by atoms with van der Waals surface area (Å²) >= 11 is 0. The molecule has 0 spiro atoms. The van der Waals surface area contributed by atoms with Crippen molar-refractivity contribution in [3.63, 3.8) is 0 Å². The van der Waals surface area contributed by atoms with Crippen molar-refractivity contribution >= 4 is 17.6 Å². The van der Waals surface area contributed by atoms with Gasteiger partial charge in [-0.2, -0.15) is 13.2 Å². The lowest BCUT2D eigenvalue weighted by atomic mass is 10.0. The first kappa shape index (κ1) is 24.6. The standard InChI is InChI=1S/C21H22F3N3O5/c1-12(2)32-20(29)14-9-16(21(22,23)24)19(26-10-14)31-11-13-7-5-6-8-15(13)17(27-30-4)18(28)25-3/h5-10,12H,11H2,1-4H3,(H,25,28). The Morgan fingerprint density at radius 3 is 2.50 bits per heavy atom. The van der Waals surface area contributed by atoms with Gasteiger partial charge in [0.1, 0.15) is 19.3 Å². The zero-order chi connectivity index (χ0) is 23.9. The van der Waals surface area contributed by atoms with E-state index in [0.29, 0.717) is 17.2 Å². The molecule has 0 bridgehead atoms. The Morgan fingerprint density at radius 1 is 1.22 bits per heavy atom. The highest BCUT2D eigenvalue weighted by Gasteiger charge is 2.36. The van der Waals surface area contributed by atoms with E-state index in [1.165, 1.54) is 14.2 Å². The van der Waals surface area contributed by atoms with E-state index in [0.717, 1.165) is 6.20 Å². The smallest absolute Gasteiger partial charge is 0.421 e. The lowest BCUT2D eigenvalue weighted by Gasteiger charge is -2.16. The van der Waals surface area contributed by atoms with Gasteiger partial charge in [-0.05, 0) is 25.5 Å². The SMILES string of the molecule is CNC(=O)C(=NOC)c1ccccc1COc1ncc(C(=O)OC(C)C)cc1C(F)(F)F. The Morgan fingerprint density at radius 2 is 1.91 bits per heavy atom. The normalized spacial score (nSPS) is 11.8. The van der Waals surface area contributed by atoms with Crippen LogP contribution in [0.4, 0.5) is 13.2 Å². The van der Waals surface area contributed by atoms with Crippen LogP contribution in [0.25, 0.3) is 0 Å². The molecule has 0 aliphatic heterocycles. The summed E-state index contributed by atoms with van der Waals surface area (Å²) in [5.74, 6) is -2.21. The van der Waals surface area contributed by atoms with Gasteiger partial charge in [0.25, 0.3) is 5.91 Å². The molecule has 2 aromatic rings. The fraction of sp³-hybridized carbons (Fsp3) is 0.333. The van der Waals surface area contributed by atoms with Crippen LogP contribution in [0.2, 0.25) is 0 Å². The maximum absolute atomic E-state index is 13.6. The zero-order valence-corrected chi connectivity index (χ0v) is 17.8. The number of hydrogen-bond acceptors (Lipinski definition) is 7. The molecule has 172 valence electrons. The summed E-state index contributed by atoms with van der Waals surface area (Å²) in [5.41, 5.74) is -0.993. The van der Waals surface area contributed by atoms with Crippen molar-refractivity contribution in [2.45, 2.75) is 32.7 Å². The summed E-state index contributed by atoms with van der Waals surface area (Å²) in [6, 6.07) is 6.99. The number of ether oxygens (including phenoxy) is 2. The van der Waals surface area contributed by atoms with Gasteiger partial charge in [-0.25, -0.2) is 9.78 Å². The molecule has 0 unspecified atom stereocenters. The molecule has 0 saturated carbocycles. The number of carbonyl (C=O) groups excluding carboxylic acids is 2. The highest BCUT2D eigenvalue weighted by Crippen LogP contribution is 2.36. The van der Waals surface area contributed by atoms with Crippen molar-refractivity contribution in [1.82, 2.24) is 10.3 Å². The molecule has 8 nitrogen and oxygen atoms in total. The molecule has 32 heavy (non-hydrogen) atoms. The molecule has 1 amide bonds. The number of hydrogen-bond donors (Lipinski definition) is 1. The van der Waals surface area contributed by atoms with Gasteiger partial charge in [0.15, 0.2) is 5.71 Å². The number of aromatic nitrogens is 1. The Hall–Kier alpha value is -3.63. The maximum atomic E-state index is 13.6. The van der Waals surface area contributed by atoms with E-state index in [1.54, 1.807) is 38.1 Å². The Kier molecular flexibility index (Phi) is 8.16. The van der Waals surface area contributed by atoms with Gasteiger partial charge in [-0.15, -0.1) is 0 Å². The van der Waals surface area contributed by atoms with E-state index < -0.39 is 35.6 Å². The van der Waals surface area contributed by atoms with Crippen molar-refractivity contribution in [1.29, 1.82) is 0 Å². The molecule has 0 saturated heterocycles. The quantitative estimate of drug-likeness (QED) is 0.374. The summed E-state index contributed by atoms with van der Waals surface area (Å²) in [5, 5.41) is 6.11. The second-order valence-electron chi connectivity index (χ2n) is 6.68. The molecule has 0 radical (unpaired) electrons. The number of carbonyl (C=O) groups is 2. The van der Waals surface area contributed by atoms with Crippen LogP contribution in [0.3, 0.4) is 0 Å². The first-order chi connectivity index (χ1) is 15.1. The van der Waals surface area contributed by atoms with Crippen LogP contribution < -0.4 is 10.1 Å². The van der Waals surface area contributed by atoms with Crippen molar-refractivity contribution in [2.75, 3.05) is 14.2 Å².